The molecule has 2 nitrogen and oxygen atoms in total. The van der Waals surface area contributed by atoms with Crippen LogP contribution in [0, 0.1) is 0 Å². The zero-order chi connectivity index (χ0) is 5.82. The summed E-state index contributed by atoms with van der Waals surface area (Å²) in [6.07, 6.45) is 4.01. The highest BCUT2D eigenvalue weighted by molar-refractivity contribution is 4.62. The lowest BCUT2D eigenvalue weighted by atomic mass is 10.2. The van der Waals surface area contributed by atoms with Gasteiger partial charge in [-0.15, -0.1) is 0 Å². The maximum absolute atomic E-state index is 4.00. The molecule has 4 N–H and O–H groups in total. The molecule has 2 heteroatoms. The van der Waals surface area contributed by atoms with Gasteiger partial charge in [0.2, 0.25) is 0 Å². The predicted molar refractivity (Wildman–Crippen MR) is 33.4 cm³/mol. The highest BCUT2D eigenvalue weighted by Crippen LogP contribution is 1.99. The zero-order valence-electron chi connectivity index (χ0n) is 5.32. The van der Waals surface area contributed by atoms with E-state index in [1.807, 2.05) is 0 Å². The van der Waals surface area contributed by atoms with Crippen LogP contribution in [0.25, 0.3) is 0 Å². The summed E-state index contributed by atoms with van der Waals surface area (Å²) in [6, 6.07) is 0.664. The maximum atomic E-state index is 4.00. The maximum Gasteiger partial charge on any atom is 0.0969 e. The van der Waals surface area contributed by atoms with Gasteiger partial charge in [0.15, 0.2) is 0 Å². The van der Waals surface area contributed by atoms with Gasteiger partial charge in [0, 0.05) is 13.0 Å². The van der Waals surface area contributed by atoms with Crippen LogP contribution in [-0.2, 0) is 0 Å². The van der Waals surface area contributed by atoms with Crippen LogP contribution in [0.5, 0.6) is 0 Å². The van der Waals surface area contributed by atoms with Gasteiger partial charge in [-0.2, -0.15) is 0 Å². The van der Waals surface area contributed by atoms with Gasteiger partial charge in [0.05, 0.1) is 6.04 Å². The van der Waals surface area contributed by atoms with Crippen LogP contribution in [0.2, 0.25) is 0 Å². The topological polar surface area (TPSA) is 39.7 Å². The van der Waals surface area contributed by atoms with Crippen LogP contribution in [0.1, 0.15) is 19.3 Å². The van der Waals surface area contributed by atoms with Crippen LogP contribution in [0.3, 0.4) is 0 Å². The molecule has 8 heavy (non-hydrogen) atoms. The van der Waals surface area contributed by atoms with Gasteiger partial charge in [-0.3, -0.25) is 0 Å². The minimum Gasteiger partial charge on any atom is -0.354 e. The normalized spacial score (nSPS) is 31.9. The van der Waals surface area contributed by atoms with Crippen LogP contribution in [0.4, 0.5) is 0 Å². The fourth-order valence-electron chi connectivity index (χ4n) is 1.09. The molecule has 1 aliphatic heterocycles. The van der Waals surface area contributed by atoms with E-state index in [0.717, 1.165) is 6.54 Å². The molecule has 0 saturated carbocycles. The molecular weight excluding hydrogens is 100 g/mol. The Hall–Kier alpha value is -0.0800. The molecule has 0 amide bonds. The second-order valence-electron chi connectivity index (χ2n) is 2.57. The number of rotatable bonds is 0. The second kappa shape index (κ2) is 3.05. The van der Waals surface area contributed by atoms with Gasteiger partial charge in [-0.1, -0.05) is 0 Å². The Balaban J connectivity index is 2.17. The fraction of sp³-hybridized carbons (Fsp3) is 1.00. The first-order chi connectivity index (χ1) is 3.89. The lowest BCUT2D eigenvalue weighted by Gasteiger charge is -2.00. The molecule has 0 aliphatic carbocycles. The van der Waals surface area contributed by atoms with E-state index in [9.17, 15) is 0 Å². The van der Waals surface area contributed by atoms with E-state index in [-0.39, 0.29) is 0 Å². The van der Waals surface area contributed by atoms with Gasteiger partial charge in [0.1, 0.15) is 0 Å². The van der Waals surface area contributed by atoms with E-state index < -0.39 is 0 Å². The number of hydrogen-bond donors (Lipinski definition) is 2. The highest BCUT2D eigenvalue weighted by atomic mass is 14.9. The van der Waals surface area contributed by atoms with Crippen molar-refractivity contribution in [3.8, 4) is 0 Å². The first kappa shape index (κ1) is 6.05. The Morgan fingerprint density at radius 3 is 3.12 bits per heavy atom. The SMILES string of the molecule is [NH3+][C@@H]1CCCCNC1. The first-order valence-electron chi connectivity index (χ1n) is 3.43. The molecule has 0 bridgehead atoms. The Bertz CT molecular complexity index is 55.5. The summed E-state index contributed by atoms with van der Waals surface area (Å²) in [6.45, 7) is 2.33. The molecule has 1 fully saturated rings. The molecule has 0 unspecified atom stereocenters. The van der Waals surface area contributed by atoms with Crippen molar-refractivity contribution in [3.05, 3.63) is 0 Å². The first-order valence-corrected chi connectivity index (χ1v) is 3.43. The Morgan fingerprint density at radius 1 is 1.38 bits per heavy atom. The Morgan fingerprint density at radius 2 is 2.25 bits per heavy atom. The van der Waals surface area contributed by atoms with Crippen LogP contribution < -0.4 is 11.1 Å². The van der Waals surface area contributed by atoms with Gasteiger partial charge in [0.25, 0.3) is 0 Å². The van der Waals surface area contributed by atoms with Crippen molar-refractivity contribution in [2.45, 2.75) is 25.3 Å². The van der Waals surface area contributed by atoms with Crippen molar-refractivity contribution in [1.29, 1.82) is 0 Å². The lowest BCUT2D eigenvalue weighted by Crippen LogP contribution is -2.64. The molecule has 1 heterocycles. The average Bonchev–Trinajstić information content (AvgIpc) is 1.94. The fourth-order valence-corrected chi connectivity index (χ4v) is 1.09. The third-order valence-corrected chi connectivity index (χ3v) is 1.65. The number of hydrogen-bond acceptors (Lipinski definition) is 1. The van der Waals surface area contributed by atoms with Crippen molar-refractivity contribution in [2.75, 3.05) is 13.1 Å². The molecule has 0 spiro atoms. The number of quaternary nitrogens is 1. The minimum atomic E-state index is 0.664. The van der Waals surface area contributed by atoms with Gasteiger partial charge < -0.3 is 11.1 Å². The third-order valence-electron chi connectivity index (χ3n) is 1.65. The summed E-state index contributed by atoms with van der Waals surface area (Å²) >= 11 is 0. The molecule has 1 rings (SSSR count). The summed E-state index contributed by atoms with van der Waals surface area (Å²) in [5, 5.41) is 3.33. The lowest BCUT2D eigenvalue weighted by molar-refractivity contribution is -0.418. The molecule has 1 atom stereocenters. The Labute approximate surface area is 50.4 Å². The van der Waals surface area contributed by atoms with Crippen LogP contribution in [-0.4, -0.2) is 19.1 Å². The molecule has 1 saturated heterocycles. The summed E-state index contributed by atoms with van der Waals surface area (Å²) in [5.41, 5.74) is 4.00. The van der Waals surface area contributed by atoms with E-state index >= 15 is 0 Å². The quantitative estimate of drug-likeness (QED) is 0.433. The summed E-state index contributed by atoms with van der Waals surface area (Å²) in [4.78, 5) is 0. The Kier molecular flexibility index (Phi) is 2.30. The van der Waals surface area contributed by atoms with Crippen molar-refractivity contribution >= 4 is 0 Å². The molecule has 48 valence electrons. The van der Waals surface area contributed by atoms with Crippen LogP contribution >= 0.6 is 0 Å². The standard InChI is InChI=1S/C6H14N2/c7-6-3-1-2-4-8-5-6/h6,8H,1-5,7H2/p+1/t6-/m1/s1. The molecule has 0 aromatic rings. The largest absolute Gasteiger partial charge is 0.354 e. The van der Waals surface area contributed by atoms with Crippen molar-refractivity contribution in [1.82, 2.24) is 5.32 Å². The monoisotopic (exact) mass is 115 g/mol. The average molecular weight is 115 g/mol. The van der Waals surface area contributed by atoms with E-state index in [1.165, 1.54) is 25.8 Å². The molecule has 0 aromatic heterocycles. The van der Waals surface area contributed by atoms with E-state index in [0.29, 0.717) is 6.04 Å². The van der Waals surface area contributed by atoms with E-state index in [2.05, 4.69) is 11.1 Å². The number of nitrogens with one attached hydrogen (secondary N) is 1. The predicted octanol–water partition coefficient (Wildman–Crippen LogP) is -0.630. The van der Waals surface area contributed by atoms with Crippen molar-refractivity contribution < 1.29 is 5.73 Å². The zero-order valence-corrected chi connectivity index (χ0v) is 5.32. The summed E-state index contributed by atoms with van der Waals surface area (Å²) < 4.78 is 0. The van der Waals surface area contributed by atoms with Crippen LogP contribution in [0.15, 0.2) is 0 Å². The second-order valence-corrected chi connectivity index (χ2v) is 2.57. The molecule has 0 aromatic carbocycles. The smallest absolute Gasteiger partial charge is 0.0969 e. The van der Waals surface area contributed by atoms with Crippen molar-refractivity contribution in [2.24, 2.45) is 0 Å². The molecule has 0 radical (unpaired) electrons. The van der Waals surface area contributed by atoms with Crippen molar-refractivity contribution in [3.63, 3.8) is 0 Å². The third kappa shape index (κ3) is 1.80. The van der Waals surface area contributed by atoms with E-state index in [4.69, 9.17) is 0 Å². The summed E-state index contributed by atoms with van der Waals surface area (Å²) in [7, 11) is 0. The minimum absolute atomic E-state index is 0.664. The highest BCUT2D eigenvalue weighted by Gasteiger charge is 2.07. The van der Waals surface area contributed by atoms with Gasteiger partial charge >= 0.3 is 0 Å². The van der Waals surface area contributed by atoms with Gasteiger partial charge in [-0.25, -0.2) is 0 Å². The summed E-state index contributed by atoms with van der Waals surface area (Å²) in [5.74, 6) is 0. The van der Waals surface area contributed by atoms with Gasteiger partial charge in [-0.05, 0) is 19.4 Å². The van der Waals surface area contributed by atoms with E-state index in [1.54, 1.807) is 0 Å². The molecule has 1 aliphatic rings. The molecular formula is C6H15N2+.